The van der Waals surface area contributed by atoms with E-state index in [2.05, 4.69) is 194 Å². The Morgan fingerprint density at radius 3 is 1.67 bits per heavy atom. The van der Waals surface area contributed by atoms with E-state index < -0.39 is 0 Å². The van der Waals surface area contributed by atoms with Crippen molar-refractivity contribution in [1.82, 2.24) is 0 Å². The molecule has 4 nitrogen and oxygen atoms in total. The van der Waals surface area contributed by atoms with Crippen LogP contribution in [0.25, 0.3) is 11.1 Å². The molecule has 0 bridgehead atoms. The molecule has 0 unspecified atom stereocenters. The lowest BCUT2D eigenvalue weighted by Gasteiger charge is -2.45. The van der Waals surface area contributed by atoms with Crippen LogP contribution >= 0.6 is 0 Å². The van der Waals surface area contributed by atoms with Gasteiger partial charge in [0.15, 0.2) is 11.5 Å². The average Bonchev–Trinajstić information content (AvgIpc) is 3.60. The second-order valence-corrected chi connectivity index (χ2v) is 18.8. The molecule has 9 rings (SSSR count). The first-order valence-electron chi connectivity index (χ1n) is 19.7. The molecule has 276 valence electrons. The van der Waals surface area contributed by atoms with Gasteiger partial charge in [-0.1, -0.05) is 123 Å². The lowest BCUT2D eigenvalue weighted by atomic mass is 9.33. The van der Waals surface area contributed by atoms with Crippen molar-refractivity contribution >= 4 is 57.2 Å². The average molecular weight is 723 g/mol. The lowest BCUT2D eigenvalue weighted by Crippen LogP contribution is -2.61. The van der Waals surface area contributed by atoms with Crippen LogP contribution in [0.2, 0.25) is 0 Å². The van der Waals surface area contributed by atoms with Crippen molar-refractivity contribution in [1.29, 1.82) is 0 Å². The van der Waals surface area contributed by atoms with Gasteiger partial charge in [-0.2, -0.15) is 0 Å². The maximum atomic E-state index is 6.14. The van der Waals surface area contributed by atoms with E-state index in [4.69, 9.17) is 9.47 Å². The zero-order chi connectivity index (χ0) is 38.6. The van der Waals surface area contributed by atoms with Crippen LogP contribution in [0, 0.1) is 6.92 Å². The fourth-order valence-corrected chi connectivity index (χ4v) is 8.69. The van der Waals surface area contributed by atoms with Crippen LogP contribution in [-0.2, 0) is 16.2 Å². The fraction of sp³-hybridized carbons (Fsp3) is 0.280. The largest absolute Gasteiger partial charge is 0.454 e. The summed E-state index contributed by atoms with van der Waals surface area (Å²) in [6, 6.07) is 43.6. The Morgan fingerprint density at radius 2 is 1.04 bits per heavy atom. The summed E-state index contributed by atoms with van der Waals surface area (Å²) >= 11 is 0. The number of fused-ring (bicyclic) bond motifs is 5. The third-order valence-corrected chi connectivity index (χ3v) is 11.8. The van der Waals surface area contributed by atoms with Crippen molar-refractivity contribution in [3.63, 3.8) is 0 Å². The van der Waals surface area contributed by atoms with Gasteiger partial charge in [0.25, 0.3) is 6.71 Å². The first-order valence-corrected chi connectivity index (χ1v) is 19.7. The minimum Gasteiger partial charge on any atom is -0.454 e. The molecule has 5 heteroatoms. The Bertz CT molecular complexity index is 2480. The minimum atomic E-state index is -0.0254. The maximum Gasteiger partial charge on any atom is 0.252 e. The molecular weight excluding hydrogens is 671 g/mol. The Hall–Kier alpha value is -5.42. The zero-order valence-corrected chi connectivity index (χ0v) is 34.0. The molecule has 3 aliphatic rings. The lowest BCUT2D eigenvalue weighted by molar-refractivity contribution is 0.174. The number of aryl methyl sites for hydroxylation is 1. The molecule has 3 heterocycles. The number of anilines is 6. The monoisotopic (exact) mass is 722 g/mol. The van der Waals surface area contributed by atoms with Gasteiger partial charge >= 0.3 is 0 Å². The van der Waals surface area contributed by atoms with Crippen LogP contribution in [0.15, 0.2) is 115 Å². The molecule has 0 aliphatic carbocycles. The van der Waals surface area contributed by atoms with Gasteiger partial charge in [0, 0.05) is 40.1 Å². The first kappa shape index (κ1) is 35.3. The van der Waals surface area contributed by atoms with Crippen molar-refractivity contribution in [2.24, 2.45) is 0 Å². The predicted molar refractivity (Wildman–Crippen MR) is 233 cm³/mol. The highest BCUT2D eigenvalue weighted by Crippen LogP contribution is 2.50. The molecule has 0 fully saturated rings. The van der Waals surface area contributed by atoms with E-state index in [1.165, 1.54) is 66.8 Å². The molecular formula is C50H51BN2O2. The molecule has 0 atom stereocenters. The Balaban J connectivity index is 1.38. The van der Waals surface area contributed by atoms with E-state index >= 15 is 0 Å². The molecule has 0 saturated heterocycles. The quantitative estimate of drug-likeness (QED) is 0.170. The molecule has 6 aromatic rings. The van der Waals surface area contributed by atoms with Crippen molar-refractivity contribution in [3.8, 4) is 22.6 Å². The Morgan fingerprint density at radius 1 is 0.491 bits per heavy atom. The van der Waals surface area contributed by atoms with Crippen molar-refractivity contribution in [2.75, 3.05) is 16.6 Å². The second-order valence-electron chi connectivity index (χ2n) is 18.8. The molecule has 0 N–H and O–H groups in total. The summed E-state index contributed by atoms with van der Waals surface area (Å²) in [5, 5.41) is 0. The Kier molecular flexibility index (Phi) is 7.89. The molecule has 0 radical (unpaired) electrons. The molecule has 0 aromatic heterocycles. The van der Waals surface area contributed by atoms with Crippen LogP contribution in [0.5, 0.6) is 11.5 Å². The van der Waals surface area contributed by atoms with Crippen molar-refractivity contribution in [2.45, 2.75) is 85.5 Å². The van der Waals surface area contributed by atoms with E-state index in [-0.39, 0.29) is 29.8 Å². The van der Waals surface area contributed by atoms with Crippen molar-refractivity contribution < 1.29 is 9.47 Å². The van der Waals surface area contributed by atoms with Gasteiger partial charge in [0.05, 0.1) is 5.69 Å². The Labute approximate surface area is 327 Å². The van der Waals surface area contributed by atoms with Crippen molar-refractivity contribution in [3.05, 3.63) is 138 Å². The number of ether oxygens (including phenoxy) is 2. The molecule has 6 aromatic carbocycles. The highest BCUT2D eigenvalue weighted by molar-refractivity contribution is 7.00. The van der Waals surface area contributed by atoms with E-state index in [1.807, 2.05) is 0 Å². The normalized spacial score (nSPS) is 14.5. The van der Waals surface area contributed by atoms with Crippen LogP contribution in [0.4, 0.5) is 34.1 Å². The third kappa shape index (κ3) is 5.82. The smallest absolute Gasteiger partial charge is 0.252 e. The minimum absolute atomic E-state index is 0.0149. The summed E-state index contributed by atoms with van der Waals surface area (Å²) in [6.07, 6.45) is 0. The van der Waals surface area contributed by atoms with Gasteiger partial charge in [-0.3, -0.25) is 0 Å². The van der Waals surface area contributed by atoms with E-state index in [0.29, 0.717) is 0 Å². The first-order chi connectivity index (χ1) is 26.1. The van der Waals surface area contributed by atoms with Gasteiger partial charge in [0.1, 0.15) is 0 Å². The maximum absolute atomic E-state index is 6.14. The van der Waals surface area contributed by atoms with Crippen LogP contribution < -0.4 is 35.7 Å². The van der Waals surface area contributed by atoms with Gasteiger partial charge < -0.3 is 19.3 Å². The summed E-state index contributed by atoms with van der Waals surface area (Å²) in [6.45, 7) is 23.1. The van der Waals surface area contributed by atoms with Crippen LogP contribution in [0.3, 0.4) is 0 Å². The second kappa shape index (κ2) is 12.3. The highest BCUT2D eigenvalue weighted by Gasteiger charge is 2.45. The summed E-state index contributed by atoms with van der Waals surface area (Å²) in [4.78, 5) is 5.02. The number of rotatable bonds is 3. The van der Waals surface area contributed by atoms with Crippen LogP contribution in [-0.4, -0.2) is 13.5 Å². The number of nitrogens with zero attached hydrogens (tertiary/aromatic N) is 2. The van der Waals surface area contributed by atoms with Gasteiger partial charge in [0.2, 0.25) is 6.79 Å². The summed E-state index contributed by atoms with van der Waals surface area (Å²) in [5.41, 5.74) is 18.4. The summed E-state index contributed by atoms with van der Waals surface area (Å²) < 4.78 is 12.3. The summed E-state index contributed by atoms with van der Waals surface area (Å²) in [5.74, 6) is 1.59. The number of benzene rings is 6. The zero-order valence-electron chi connectivity index (χ0n) is 34.0. The van der Waals surface area contributed by atoms with Gasteiger partial charge in [-0.05, 0) is 116 Å². The van der Waals surface area contributed by atoms with Crippen LogP contribution in [0.1, 0.15) is 84.6 Å². The SMILES string of the molecule is Cc1cc2c3c(c1)N(c1ccc(C(C)(C)C)cc1-c1ccccc1)c1cc4c(cc1B3c1cc(C(C)(C)C)ccc1N2c1ccc(C(C)(C)C)cc1)OCO4. The third-order valence-electron chi connectivity index (χ3n) is 11.8. The number of hydrogen-bond acceptors (Lipinski definition) is 4. The van der Waals surface area contributed by atoms with Gasteiger partial charge in [-0.25, -0.2) is 0 Å². The fourth-order valence-electron chi connectivity index (χ4n) is 8.69. The molecule has 3 aliphatic heterocycles. The van der Waals surface area contributed by atoms with Gasteiger partial charge in [-0.15, -0.1) is 0 Å². The van der Waals surface area contributed by atoms with E-state index in [0.717, 1.165) is 28.6 Å². The molecule has 0 saturated carbocycles. The predicted octanol–water partition coefficient (Wildman–Crippen LogP) is 11.4. The van der Waals surface area contributed by atoms with E-state index in [9.17, 15) is 0 Å². The molecule has 0 amide bonds. The molecule has 0 spiro atoms. The topological polar surface area (TPSA) is 24.9 Å². The highest BCUT2D eigenvalue weighted by atomic mass is 16.7. The standard InChI is InChI=1S/C50H51BN2O2/c1-31-24-43-47-44(25-31)53(40-22-18-34(49(5,6)7)26-37(40)32-14-12-11-13-15-32)42-29-46-45(54-30-55-46)28-39(42)51(47)38-27-35(50(8,9)10)19-23-41(38)52(43)36-20-16-33(17-21-36)48(2,3)4/h11-29H,30H2,1-10H3. The molecule has 55 heavy (non-hydrogen) atoms. The summed E-state index contributed by atoms with van der Waals surface area (Å²) in [7, 11) is 0. The number of hydrogen-bond donors (Lipinski definition) is 0. The van der Waals surface area contributed by atoms with E-state index in [1.54, 1.807) is 0 Å².